The normalized spacial score (nSPS) is 10.9. The molecule has 2 aromatic heterocycles. The Balaban J connectivity index is 1.91. The third-order valence-electron chi connectivity index (χ3n) is 3.50. The summed E-state index contributed by atoms with van der Waals surface area (Å²) in [5.74, 6) is 0. The van der Waals surface area contributed by atoms with Gasteiger partial charge in [-0.25, -0.2) is 9.97 Å². The smallest absolute Gasteiger partial charge is 0.165 e. The molecule has 4 rings (SSSR count). The monoisotopic (exact) mass is 271 g/mol. The van der Waals surface area contributed by atoms with Gasteiger partial charge in [-0.2, -0.15) is 0 Å². The van der Waals surface area contributed by atoms with Crippen LogP contribution in [0.25, 0.3) is 28.1 Å². The Hall–Kier alpha value is -2.94. The molecule has 0 aliphatic rings. The molecule has 0 N–H and O–H groups in total. The number of fused-ring (bicyclic) bond motifs is 1. The van der Waals surface area contributed by atoms with E-state index in [0.29, 0.717) is 0 Å². The summed E-state index contributed by atoms with van der Waals surface area (Å²) in [4.78, 5) is 9.21. The molecule has 0 saturated carbocycles. The van der Waals surface area contributed by atoms with Gasteiger partial charge >= 0.3 is 0 Å². The van der Waals surface area contributed by atoms with Crippen molar-refractivity contribution in [3.8, 4) is 16.9 Å². The maximum Gasteiger partial charge on any atom is 0.165 e. The van der Waals surface area contributed by atoms with Crippen molar-refractivity contribution in [1.29, 1.82) is 0 Å². The Morgan fingerprint density at radius 2 is 1.43 bits per heavy atom. The van der Waals surface area contributed by atoms with Crippen molar-refractivity contribution < 1.29 is 0 Å². The van der Waals surface area contributed by atoms with Crippen LogP contribution < -0.4 is 0 Å². The van der Waals surface area contributed by atoms with Gasteiger partial charge in [0.2, 0.25) is 0 Å². The summed E-state index contributed by atoms with van der Waals surface area (Å²) in [6.07, 6.45) is 1.82. The third kappa shape index (κ3) is 2.09. The summed E-state index contributed by atoms with van der Waals surface area (Å²) >= 11 is 0. The molecule has 0 saturated heterocycles. The standard InChI is InChI=1S/C18H13N3/c1-3-7-14(8-4-1)16-11-12-17-18(20-16)21(13-19-17)15-9-5-2-6-10-15/h1-13H. The molecule has 0 aliphatic carbocycles. The molecule has 100 valence electrons. The average Bonchev–Trinajstić information content (AvgIpc) is 2.99. The molecule has 0 spiro atoms. The van der Waals surface area contributed by atoms with Gasteiger partial charge in [-0.3, -0.25) is 4.57 Å². The fourth-order valence-electron chi connectivity index (χ4n) is 2.44. The minimum absolute atomic E-state index is 0.877. The molecule has 0 atom stereocenters. The number of imidazole rings is 1. The van der Waals surface area contributed by atoms with E-state index in [0.717, 1.165) is 28.1 Å². The Morgan fingerprint density at radius 1 is 0.714 bits per heavy atom. The maximum absolute atomic E-state index is 4.78. The van der Waals surface area contributed by atoms with Gasteiger partial charge in [-0.05, 0) is 24.3 Å². The highest BCUT2D eigenvalue weighted by atomic mass is 15.1. The molecular formula is C18H13N3. The van der Waals surface area contributed by atoms with Gasteiger partial charge in [-0.1, -0.05) is 48.5 Å². The van der Waals surface area contributed by atoms with Gasteiger partial charge in [0.15, 0.2) is 5.65 Å². The highest BCUT2D eigenvalue weighted by Gasteiger charge is 2.07. The number of aromatic nitrogens is 3. The lowest BCUT2D eigenvalue weighted by atomic mass is 10.1. The van der Waals surface area contributed by atoms with E-state index in [1.54, 1.807) is 0 Å². The summed E-state index contributed by atoms with van der Waals surface area (Å²) in [6, 6.07) is 24.4. The molecule has 0 unspecified atom stereocenters. The first-order valence-corrected chi connectivity index (χ1v) is 6.87. The molecule has 4 aromatic rings. The Bertz CT molecular complexity index is 880. The fourth-order valence-corrected chi connectivity index (χ4v) is 2.44. The summed E-state index contributed by atoms with van der Waals surface area (Å²) < 4.78 is 2.02. The SMILES string of the molecule is c1ccc(-c2ccc3ncn(-c4ccccc4)c3n2)cc1. The molecule has 0 amide bonds. The number of hydrogen-bond donors (Lipinski definition) is 0. The number of hydrogen-bond acceptors (Lipinski definition) is 2. The Morgan fingerprint density at radius 3 is 2.19 bits per heavy atom. The second kappa shape index (κ2) is 4.87. The van der Waals surface area contributed by atoms with Crippen LogP contribution in [0.2, 0.25) is 0 Å². The predicted molar refractivity (Wildman–Crippen MR) is 84.3 cm³/mol. The van der Waals surface area contributed by atoms with Crippen molar-refractivity contribution in [3.63, 3.8) is 0 Å². The summed E-state index contributed by atoms with van der Waals surface area (Å²) in [6.45, 7) is 0. The maximum atomic E-state index is 4.78. The quantitative estimate of drug-likeness (QED) is 0.550. The highest BCUT2D eigenvalue weighted by molar-refractivity contribution is 5.77. The predicted octanol–water partition coefficient (Wildman–Crippen LogP) is 4.09. The van der Waals surface area contributed by atoms with Gasteiger partial charge in [0.25, 0.3) is 0 Å². The third-order valence-corrected chi connectivity index (χ3v) is 3.50. The van der Waals surface area contributed by atoms with Crippen LogP contribution in [0.15, 0.2) is 79.1 Å². The number of pyridine rings is 1. The van der Waals surface area contributed by atoms with Crippen LogP contribution in [0.4, 0.5) is 0 Å². The first-order valence-electron chi connectivity index (χ1n) is 6.87. The zero-order chi connectivity index (χ0) is 14.1. The van der Waals surface area contributed by atoms with E-state index in [4.69, 9.17) is 4.98 Å². The second-order valence-electron chi connectivity index (χ2n) is 4.86. The van der Waals surface area contributed by atoms with Gasteiger partial charge in [-0.15, -0.1) is 0 Å². The van der Waals surface area contributed by atoms with Crippen LogP contribution in [0.5, 0.6) is 0 Å². The van der Waals surface area contributed by atoms with E-state index in [-0.39, 0.29) is 0 Å². The molecule has 2 aromatic carbocycles. The topological polar surface area (TPSA) is 30.7 Å². The Labute approximate surface area is 122 Å². The molecule has 2 heterocycles. The van der Waals surface area contributed by atoms with Crippen LogP contribution in [0.1, 0.15) is 0 Å². The van der Waals surface area contributed by atoms with Gasteiger partial charge in [0, 0.05) is 11.3 Å². The van der Waals surface area contributed by atoms with Crippen LogP contribution in [-0.2, 0) is 0 Å². The minimum atomic E-state index is 0.877. The van der Waals surface area contributed by atoms with Gasteiger partial charge < -0.3 is 0 Å². The van der Waals surface area contributed by atoms with Crippen molar-refractivity contribution in [1.82, 2.24) is 14.5 Å². The zero-order valence-corrected chi connectivity index (χ0v) is 11.3. The molecule has 0 bridgehead atoms. The van der Waals surface area contributed by atoms with Crippen LogP contribution >= 0.6 is 0 Å². The fraction of sp³-hybridized carbons (Fsp3) is 0. The molecular weight excluding hydrogens is 258 g/mol. The van der Waals surface area contributed by atoms with Crippen LogP contribution in [0.3, 0.4) is 0 Å². The van der Waals surface area contributed by atoms with Gasteiger partial charge in [0.05, 0.1) is 5.69 Å². The van der Waals surface area contributed by atoms with E-state index >= 15 is 0 Å². The average molecular weight is 271 g/mol. The first kappa shape index (κ1) is 11.9. The second-order valence-corrected chi connectivity index (χ2v) is 4.86. The van der Waals surface area contributed by atoms with Crippen molar-refractivity contribution in [2.24, 2.45) is 0 Å². The summed E-state index contributed by atoms with van der Waals surface area (Å²) in [7, 11) is 0. The molecule has 21 heavy (non-hydrogen) atoms. The largest absolute Gasteiger partial charge is 0.283 e. The van der Waals surface area contributed by atoms with Crippen molar-refractivity contribution in [2.45, 2.75) is 0 Å². The van der Waals surface area contributed by atoms with E-state index in [2.05, 4.69) is 29.2 Å². The van der Waals surface area contributed by atoms with E-state index in [1.165, 1.54) is 0 Å². The molecule has 0 aliphatic heterocycles. The van der Waals surface area contributed by atoms with E-state index in [9.17, 15) is 0 Å². The van der Waals surface area contributed by atoms with Crippen molar-refractivity contribution >= 4 is 11.2 Å². The molecule has 0 radical (unpaired) electrons. The molecule has 3 heteroatoms. The lowest BCUT2D eigenvalue weighted by Gasteiger charge is -2.05. The molecule has 0 fully saturated rings. The van der Waals surface area contributed by atoms with Crippen LogP contribution in [-0.4, -0.2) is 14.5 Å². The lowest BCUT2D eigenvalue weighted by Crippen LogP contribution is -1.94. The Kier molecular flexibility index (Phi) is 2.75. The minimum Gasteiger partial charge on any atom is -0.283 e. The number of nitrogens with zero attached hydrogens (tertiary/aromatic N) is 3. The zero-order valence-electron chi connectivity index (χ0n) is 11.3. The van der Waals surface area contributed by atoms with E-state index < -0.39 is 0 Å². The number of rotatable bonds is 2. The lowest BCUT2D eigenvalue weighted by molar-refractivity contribution is 1.07. The van der Waals surface area contributed by atoms with Gasteiger partial charge in [0.1, 0.15) is 11.8 Å². The summed E-state index contributed by atoms with van der Waals surface area (Å²) in [5.41, 5.74) is 4.92. The van der Waals surface area contributed by atoms with Crippen molar-refractivity contribution in [3.05, 3.63) is 79.1 Å². The number of para-hydroxylation sites is 1. The molecule has 3 nitrogen and oxygen atoms in total. The highest BCUT2D eigenvalue weighted by Crippen LogP contribution is 2.22. The first-order chi connectivity index (χ1) is 10.4. The van der Waals surface area contributed by atoms with E-state index in [1.807, 2.05) is 59.4 Å². The summed E-state index contributed by atoms with van der Waals surface area (Å²) in [5, 5.41) is 0. The number of benzene rings is 2. The van der Waals surface area contributed by atoms with Crippen LogP contribution in [0, 0.1) is 0 Å². The van der Waals surface area contributed by atoms with Crippen molar-refractivity contribution in [2.75, 3.05) is 0 Å².